The van der Waals surface area contributed by atoms with Gasteiger partial charge in [0.2, 0.25) is 17.3 Å². The van der Waals surface area contributed by atoms with E-state index in [4.69, 9.17) is 20.8 Å². The van der Waals surface area contributed by atoms with Crippen LogP contribution in [0.4, 0.5) is 5.69 Å². The molecule has 0 radical (unpaired) electrons. The molecule has 6 nitrogen and oxygen atoms in total. The van der Waals surface area contributed by atoms with Gasteiger partial charge in [-0.25, -0.2) is 0 Å². The lowest BCUT2D eigenvalue weighted by molar-refractivity contribution is 0.196. The lowest BCUT2D eigenvalue weighted by Gasteiger charge is -2.16. The van der Waals surface area contributed by atoms with Gasteiger partial charge in [-0.3, -0.25) is 0 Å². The number of aromatic nitrogens is 3. The van der Waals surface area contributed by atoms with Gasteiger partial charge >= 0.3 is 0 Å². The molecular formula is C21H15ClN4O2S. The van der Waals surface area contributed by atoms with Gasteiger partial charge < -0.3 is 14.5 Å². The van der Waals surface area contributed by atoms with Gasteiger partial charge in [-0.1, -0.05) is 41.6 Å². The van der Waals surface area contributed by atoms with Crippen molar-refractivity contribution in [1.29, 1.82) is 0 Å². The van der Waals surface area contributed by atoms with E-state index in [2.05, 4.69) is 20.5 Å². The van der Waals surface area contributed by atoms with Crippen molar-refractivity contribution < 1.29 is 9.15 Å². The molecule has 0 saturated carbocycles. The normalized spacial score (nSPS) is 14.9. The maximum atomic E-state index is 6.18. The van der Waals surface area contributed by atoms with Crippen LogP contribution < -0.4 is 10.1 Å². The van der Waals surface area contributed by atoms with Gasteiger partial charge in [0.1, 0.15) is 5.76 Å². The van der Waals surface area contributed by atoms with E-state index in [-0.39, 0.29) is 0 Å². The molecule has 1 aliphatic heterocycles. The molecule has 3 heterocycles. The van der Waals surface area contributed by atoms with Gasteiger partial charge in [-0.15, -0.1) is 10.2 Å². The summed E-state index contributed by atoms with van der Waals surface area (Å²) in [7, 11) is 0. The van der Waals surface area contributed by atoms with Crippen LogP contribution >= 0.6 is 23.4 Å². The molecule has 2 aromatic carbocycles. The van der Waals surface area contributed by atoms with Crippen LogP contribution in [0, 0.1) is 0 Å². The number of halogens is 1. The molecule has 8 heteroatoms. The standard InChI is InChI=1S/C21H15ClN4O2S/c1-29-21-24-20-18(25-26-21)14-4-2-3-5-15(14)23-19(28-20)17-11-10-16(27-17)12-6-8-13(22)9-7-12/h2-11,19,23H,1H3/t19-/m0/s1. The van der Waals surface area contributed by atoms with Crippen LogP contribution in [0.1, 0.15) is 12.0 Å². The Kier molecular flexibility index (Phi) is 4.61. The molecule has 144 valence electrons. The average molecular weight is 423 g/mol. The number of furan rings is 1. The number of nitrogens with zero attached hydrogens (tertiary/aromatic N) is 3. The Balaban J connectivity index is 1.56. The highest BCUT2D eigenvalue weighted by atomic mass is 35.5. The maximum Gasteiger partial charge on any atom is 0.247 e. The number of hydrogen-bond acceptors (Lipinski definition) is 7. The number of anilines is 1. The fourth-order valence-corrected chi connectivity index (χ4v) is 3.55. The summed E-state index contributed by atoms with van der Waals surface area (Å²) in [5.41, 5.74) is 3.28. The molecular weight excluding hydrogens is 408 g/mol. The van der Waals surface area contributed by atoms with Crippen LogP contribution in [-0.4, -0.2) is 21.4 Å². The predicted octanol–water partition coefficient (Wildman–Crippen LogP) is 5.68. The highest BCUT2D eigenvalue weighted by molar-refractivity contribution is 7.98. The Morgan fingerprint density at radius 2 is 1.83 bits per heavy atom. The van der Waals surface area contributed by atoms with E-state index in [1.807, 2.05) is 66.9 Å². The number of fused-ring (bicyclic) bond motifs is 3. The molecule has 1 aliphatic rings. The highest BCUT2D eigenvalue weighted by Crippen LogP contribution is 2.40. The summed E-state index contributed by atoms with van der Waals surface area (Å²) in [6, 6.07) is 19.1. The van der Waals surface area contributed by atoms with Crippen LogP contribution in [0.5, 0.6) is 5.88 Å². The largest absolute Gasteiger partial charge is 0.455 e. The molecule has 0 spiro atoms. The lowest BCUT2D eigenvalue weighted by atomic mass is 10.1. The Bertz CT molecular complexity index is 1180. The summed E-state index contributed by atoms with van der Waals surface area (Å²) in [5, 5.41) is 13.1. The van der Waals surface area contributed by atoms with E-state index >= 15 is 0 Å². The predicted molar refractivity (Wildman–Crippen MR) is 113 cm³/mol. The molecule has 0 amide bonds. The second-order valence-corrected chi connectivity index (χ2v) is 7.56. The first kappa shape index (κ1) is 18.0. The summed E-state index contributed by atoms with van der Waals surface area (Å²) in [5.74, 6) is 1.77. The smallest absolute Gasteiger partial charge is 0.247 e. The van der Waals surface area contributed by atoms with Gasteiger partial charge in [-0.2, -0.15) is 4.98 Å². The number of benzene rings is 2. The molecule has 4 aromatic rings. The molecule has 5 rings (SSSR count). The minimum atomic E-state index is -0.565. The third-order valence-corrected chi connectivity index (χ3v) is 5.32. The number of nitrogens with one attached hydrogen (secondary N) is 1. The van der Waals surface area contributed by atoms with Gasteiger partial charge in [0.05, 0.1) is 0 Å². The van der Waals surface area contributed by atoms with E-state index in [9.17, 15) is 0 Å². The topological polar surface area (TPSA) is 73.1 Å². The fraction of sp³-hybridized carbons (Fsp3) is 0.0952. The van der Waals surface area contributed by atoms with Crippen molar-refractivity contribution in [2.24, 2.45) is 0 Å². The third kappa shape index (κ3) is 3.43. The van der Waals surface area contributed by atoms with Crippen molar-refractivity contribution >= 4 is 29.1 Å². The average Bonchev–Trinajstić information content (AvgIpc) is 3.18. The minimum Gasteiger partial charge on any atom is -0.455 e. The molecule has 2 aromatic heterocycles. The molecule has 0 aliphatic carbocycles. The number of ether oxygens (including phenoxy) is 1. The molecule has 29 heavy (non-hydrogen) atoms. The summed E-state index contributed by atoms with van der Waals surface area (Å²) in [4.78, 5) is 4.51. The van der Waals surface area contributed by atoms with E-state index in [0.29, 0.717) is 27.5 Å². The minimum absolute atomic E-state index is 0.413. The van der Waals surface area contributed by atoms with Gasteiger partial charge in [0.25, 0.3) is 0 Å². The number of hydrogen-bond donors (Lipinski definition) is 1. The summed E-state index contributed by atoms with van der Waals surface area (Å²) in [6.07, 6.45) is 1.33. The van der Waals surface area contributed by atoms with Gasteiger partial charge in [0.15, 0.2) is 11.5 Å². The van der Waals surface area contributed by atoms with Crippen molar-refractivity contribution in [1.82, 2.24) is 15.2 Å². The van der Waals surface area contributed by atoms with Crippen molar-refractivity contribution in [2.45, 2.75) is 11.4 Å². The molecule has 0 bridgehead atoms. The monoisotopic (exact) mass is 422 g/mol. The zero-order valence-corrected chi connectivity index (χ0v) is 16.9. The van der Waals surface area contributed by atoms with Crippen molar-refractivity contribution in [3.63, 3.8) is 0 Å². The number of thioether (sulfide) groups is 1. The molecule has 0 saturated heterocycles. The zero-order valence-electron chi connectivity index (χ0n) is 15.3. The number of para-hydroxylation sites is 1. The van der Waals surface area contributed by atoms with Gasteiger partial charge in [-0.05, 0) is 48.7 Å². The van der Waals surface area contributed by atoms with Crippen LogP contribution in [-0.2, 0) is 0 Å². The van der Waals surface area contributed by atoms with E-state index in [1.54, 1.807) is 0 Å². The van der Waals surface area contributed by atoms with Crippen molar-refractivity contribution in [3.05, 3.63) is 71.4 Å². The molecule has 1 N–H and O–H groups in total. The lowest BCUT2D eigenvalue weighted by Crippen LogP contribution is -2.16. The van der Waals surface area contributed by atoms with Crippen LogP contribution in [0.25, 0.3) is 22.6 Å². The zero-order chi connectivity index (χ0) is 19.8. The van der Waals surface area contributed by atoms with Crippen LogP contribution in [0.3, 0.4) is 0 Å². The van der Waals surface area contributed by atoms with Crippen molar-refractivity contribution in [2.75, 3.05) is 11.6 Å². The van der Waals surface area contributed by atoms with E-state index in [1.165, 1.54) is 11.8 Å². The second kappa shape index (κ2) is 7.42. The second-order valence-electron chi connectivity index (χ2n) is 6.35. The van der Waals surface area contributed by atoms with E-state index < -0.39 is 6.23 Å². The summed E-state index contributed by atoms with van der Waals surface area (Å²) < 4.78 is 12.3. The SMILES string of the molecule is CSc1nnc2c(n1)O[C@@H](c1ccc(-c3ccc(Cl)cc3)o1)Nc1ccccc1-2. The third-order valence-electron chi connectivity index (χ3n) is 4.53. The van der Waals surface area contributed by atoms with Crippen LogP contribution in [0.2, 0.25) is 5.02 Å². The van der Waals surface area contributed by atoms with Crippen LogP contribution in [0.15, 0.2) is 70.2 Å². The number of rotatable bonds is 3. The molecule has 0 unspecified atom stereocenters. The first-order valence-electron chi connectivity index (χ1n) is 8.88. The molecule has 1 atom stereocenters. The van der Waals surface area contributed by atoms with Crippen molar-refractivity contribution in [3.8, 4) is 28.5 Å². The van der Waals surface area contributed by atoms with Gasteiger partial charge in [0, 0.05) is 21.8 Å². The van der Waals surface area contributed by atoms with E-state index in [0.717, 1.165) is 22.6 Å². The first-order chi connectivity index (χ1) is 14.2. The fourth-order valence-electron chi connectivity index (χ4n) is 3.13. The summed E-state index contributed by atoms with van der Waals surface area (Å²) >= 11 is 7.39. The maximum absolute atomic E-state index is 6.18. The summed E-state index contributed by atoms with van der Waals surface area (Å²) in [6.45, 7) is 0. The quantitative estimate of drug-likeness (QED) is 0.426. The first-order valence-corrected chi connectivity index (χ1v) is 10.5. The Labute approximate surface area is 176 Å². The highest BCUT2D eigenvalue weighted by Gasteiger charge is 2.27. The Morgan fingerprint density at radius 3 is 2.66 bits per heavy atom. The Hall–Kier alpha value is -3.03. The Morgan fingerprint density at radius 1 is 1.00 bits per heavy atom. The molecule has 0 fully saturated rings.